The topological polar surface area (TPSA) is 43.8 Å². The van der Waals surface area contributed by atoms with Gasteiger partial charge in [0.25, 0.3) is 0 Å². The number of halogens is 1. The number of hydrogen-bond donors (Lipinski definition) is 1. The molecule has 2 aromatic carbocycles. The number of rotatable bonds is 3. The Morgan fingerprint density at radius 2 is 1.81 bits per heavy atom. The van der Waals surface area contributed by atoms with Gasteiger partial charge in [0.15, 0.2) is 0 Å². The number of para-hydroxylation sites is 1. The first kappa shape index (κ1) is 13.5. The molecule has 0 radical (unpaired) electrons. The van der Waals surface area contributed by atoms with Gasteiger partial charge in [0.1, 0.15) is 11.5 Å². The summed E-state index contributed by atoms with van der Waals surface area (Å²) in [6, 6.07) is 14.5. The van der Waals surface area contributed by atoms with Gasteiger partial charge in [-0.2, -0.15) is 5.10 Å². The summed E-state index contributed by atoms with van der Waals surface area (Å²) in [6.07, 6.45) is 3.55. The van der Waals surface area contributed by atoms with E-state index in [9.17, 15) is 4.39 Å². The molecule has 0 amide bonds. The molecule has 1 aromatic heterocycles. The van der Waals surface area contributed by atoms with Gasteiger partial charge in [-0.05, 0) is 24.1 Å². The van der Waals surface area contributed by atoms with E-state index in [1.165, 1.54) is 6.07 Å². The molecular formula is C17H16FN3. The van der Waals surface area contributed by atoms with Crippen LogP contribution in [0.15, 0.2) is 60.9 Å². The third-order valence-electron chi connectivity index (χ3n) is 3.43. The Morgan fingerprint density at radius 3 is 2.52 bits per heavy atom. The summed E-state index contributed by atoms with van der Waals surface area (Å²) in [5.41, 5.74) is 9.06. The highest BCUT2D eigenvalue weighted by Crippen LogP contribution is 2.25. The van der Waals surface area contributed by atoms with E-state index in [2.05, 4.69) is 5.10 Å². The minimum absolute atomic E-state index is 0.264. The molecule has 0 saturated heterocycles. The van der Waals surface area contributed by atoms with Gasteiger partial charge in [-0.15, -0.1) is 0 Å². The standard InChI is InChI=1S/C17H16FN3/c1-12(19)15-8-5-9-16(18)17(15)21-11-14(10-20-21)13-6-3-2-4-7-13/h2-12H,19H2,1H3/t12-/m0/s1. The van der Waals surface area contributed by atoms with Crippen LogP contribution < -0.4 is 5.73 Å². The summed E-state index contributed by atoms with van der Waals surface area (Å²) < 4.78 is 15.7. The highest BCUT2D eigenvalue weighted by molar-refractivity contribution is 5.62. The van der Waals surface area contributed by atoms with E-state index in [0.29, 0.717) is 5.69 Å². The Morgan fingerprint density at radius 1 is 1.05 bits per heavy atom. The Balaban J connectivity index is 2.09. The molecular weight excluding hydrogens is 265 g/mol. The molecule has 0 spiro atoms. The second-order valence-electron chi connectivity index (χ2n) is 5.01. The fourth-order valence-corrected chi connectivity index (χ4v) is 2.37. The van der Waals surface area contributed by atoms with Crippen molar-refractivity contribution < 1.29 is 4.39 Å². The molecule has 0 aliphatic heterocycles. The highest BCUT2D eigenvalue weighted by Gasteiger charge is 2.14. The first-order chi connectivity index (χ1) is 10.2. The van der Waals surface area contributed by atoms with Crippen LogP contribution in [-0.2, 0) is 0 Å². The van der Waals surface area contributed by atoms with E-state index in [0.717, 1.165) is 16.7 Å². The lowest BCUT2D eigenvalue weighted by Gasteiger charge is -2.13. The van der Waals surface area contributed by atoms with E-state index in [1.54, 1.807) is 16.9 Å². The van der Waals surface area contributed by atoms with E-state index in [-0.39, 0.29) is 11.9 Å². The summed E-state index contributed by atoms with van der Waals surface area (Å²) >= 11 is 0. The van der Waals surface area contributed by atoms with Crippen molar-refractivity contribution in [2.45, 2.75) is 13.0 Å². The summed E-state index contributed by atoms with van der Waals surface area (Å²) in [6.45, 7) is 1.83. The highest BCUT2D eigenvalue weighted by atomic mass is 19.1. The summed E-state index contributed by atoms with van der Waals surface area (Å²) in [4.78, 5) is 0. The second-order valence-corrected chi connectivity index (χ2v) is 5.01. The molecule has 1 atom stereocenters. The first-order valence-electron chi connectivity index (χ1n) is 6.81. The minimum atomic E-state index is -0.326. The predicted octanol–water partition coefficient (Wildman–Crippen LogP) is 3.70. The van der Waals surface area contributed by atoms with Crippen molar-refractivity contribution in [1.29, 1.82) is 0 Å². The SMILES string of the molecule is C[C@H](N)c1cccc(F)c1-n1cc(-c2ccccc2)cn1. The van der Waals surface area contributed by atoms with Crippen LogP contribution in [-0.4, -0.2) is 9.78 Å². The van der Waals surface area contributed by atoms with Gasteiger partial charge in [-0.1, -0.05) is 42.5 Å². The van der Waals surface area contributed by atoms with E-state index < -0.39 is 0 Å². The van der Waals surface area contributed by atoms with Gasteiger partial charge in [-0.3, -0.25) is 0 Å². The lowest BCUT2D eigenvalue weighted by Crippen LogP contribution is -2.11. The zero-order chi connectivity index (χ0) is 14.8. The number of hydrogen-bond acceptors (Lipinski definition) is 2. The fraction of sp³-hybridized carbons (Fsp3) is 0.118. The van der Waals surface area contributed by atoms with Gasteiger partial charge >= 0.3 is 0 Å². The first-order valence-corrected chi connectivity index (χ1v) is 6.81. The van der Waals surface area contributed by atoms with Crippen LogP contribution in [0.2, 0.25) is 0 Å². The second kappa shape index (κ2) is 5.50. The van der Waals surface area contributed by atoms with Crippen LogP contribution in [0.3, 0.4) is 0 Å². The van der Waals surface area contributed by atoms with Gasteiger partial charge in [0.2, 0.25) is 0 Å². The van der Waals surface area contributed by atoms with Gasteiger partial charge < -0.3 is 5.73 Å². The van der Waals surface area contributed by atoms with Crippen LogP contribution in [0.5, 0.6) is 0 Å². The molecule has 1 heterocycles. The zero-order valence-electron chi connectivity index (χ0n) is 11.7. The molecule has 0 unspecified atom stereocenters. The number of nitrogens with zero attached hydrogens (tertiary/aromatic N) is 2. The van der Waals surface area contributed by atoms with Gasteiger partial charge in [0, 0.05) is 17.8 Å². The van der Waals surface area contributed by atoms with E-state index in [1.807, 2.05) is 49.5 Å². The van der Waals surface area contributed by atoms with Crippen molar-refractivity contribution in [1.82, 2.24) is 9.78 Å². The minimum Gasteiger partial charge on any atom is -0.324 e. The normalized spacial score (nSPS) is 12.3. The van der Waals surface area contributed by atoms with Crippen molar-refractivity contribution in [3.05, 3.63) is 72.3 Å². The van der Waals surface area contributed by atoms with Crippen molar-refractivity contribution in [3.63, 3.8) is 0 Å². The lowest BCUT2D eigenvalue weighted by atomic mass is 10.1. The van der Waals surface area contributed by atoms with Crippen molar-refractivity contribution in [2.75, 3.05) is 0 Å². The Hall–Kier alpha value is -2.46. The molecule has 4 heteroatoms. The van der Waals surface area contributed by atoms with E-state index >= 15 is 0 Å². The number of nitrogens with two attached hydrogens (primary N) is 1. The van der Waals surface area contributed by atoms with E-state index in [4.69, 9.17) is 5.73 Å². The van der Waals surface area contributed by atoms with Gasteiger partial charge in [0.05, 0.1) is 6.20 Å². The molecule has 0 aliphatic rings. The van der Waals surface area contributed by atoms with Gasteiger partial charge in [-0.25, -0.2) is 9.07 Å². The molecule has 106 valence electrons. The van der Waals surface area contributed by atoms with Crippen LogP contribution >= 0.6 is 0 Å². The maximum absolute atomic E-state index is 14.2. The molecule has 21 heavy (non-hydrogen) atoms. The van der Waals surface area contributed by atoms with Crippen molar-refractivity contribution in [2.24, 2.45) is 5.73 Å². The van der Waals surface area contributed by atoms with Crippen molar-refractivity contribution >= 4 is 0 Å². The van der Waals surface area contributed by atoms with Crippen LogP contribution in [0, 0.1) is 5.82 Å². The number of benzene rings is 2. The molecule has 0 bridgehead atoms. The van der Waals surface area contributed by atoms with Crippen LogP contribution in [0.4, 0.5) is 4.39 Å². The molecule has 3 aromatic rings. The predicted molar refractivity (Wildman–Crippen MR) is 81.6 cm³/mol. The molecule has 0 fully saturated rings. The molecule has 0 saturated carbocycles. The Bertz CT molecular complexity index is 748. The monoisotopic (exact) mass is 281 g/mol. The maximum atomic E-state index is 14.2. The molecule has 3 nitrogen and oxygen atoms in total. The summed E-state index contributed by atoms with van der Waals surface area (Å²) in [5, 5.41) is 4.29. The Labute approximate surface area is 122 Å². The average molecular weight is 281 g/mol. The largest absolute Gasteiger partial charge is 0.324 e. The Kier molecular flexibility index (Phi) is 3.54. The van der Waals surface area contributed by atoms with Crippen molar-refractivity contribution in [3.8, 4) is 16.8 Å². The summed E-state index contributed by atoms with van der Waals surface area (Å²) in [7, 11) is 0. The molecule has 3 rings (SSSR count). The maximum Gasteiger partial charge on any atom is 0.149 e. The average Bonchev–Trinajstić information content (AvgIpc) is 2.97. The third kappa shape index (κ3) is 2.58. The third-order valence-corrected chi connectivity index (χ3v) is 3.43. The number of aromatic nitrogens is 2. The molecule has 0 aliphatic carbocycles. The fourth-order valence-electron chi connectivity index (χ4n) is 2.37. The quantitative estimate of drug-likeness (QED) is 0.795. The smallest absolute Gasteiger partial charge is 0.149 e. The van der Waals surface area contributed by atoms with Crippen LogP contribution in [0.25, 0.3) is 16.8 Å². The molecule has 2 N–H and O–H groups in total. The lowest BCUT2D eigenvalue weighted by molar-refractivity contribution is 0.603. The zero-order valence-corrected chi connectivity index (χ0v) is 11.7. The summed E-state index contributed by atoms with van der Waals surface area (Å²) in [5.74, 6) is -0.326. The van der Waals surface area contributed by atoms with Crippen LogP contribution in [0.1, 0.15) is 18.5 Å².